The molecule has 0 aliphatic carbocycles. The molecule has 0 aliphatic heterocycles. The quantitative estimate of drug-likeness (QED) is 0.683. The van der Waals surface area contributed by atoms with Crippen molar-refractivity contribution in [3.8, 4) is 0 Å². The molecule has 0 heterocycles. The van der Waals surface area contributed by atoms with E-state index in [1.807, 2.05) is 24.3 Å². The molecule has 0 bridgehead atoms. The standard InChI is InChI=1S/C16H26ClNO/c1-13(2)11-18-9-5-6-14(3)19-12-15-7-4-8-16(17)10-15/h4,7-8,10,13-14,18H,5-6,9,11-12H2,1-3H3. The highest BCUT2D eigenvalue weighted by Gasteiger charge is 2.03. The molecule has 1 N–H and O–H groups in total. The van der Waals surface area contributed by atoms with Crippen LogP contribution in [0.3, 0.4) is 0 Å². The Balaban J connectivity index is 2.09. The van der Waals surface area contributed by atoms with E-state index in [-0.39, 0.29) is 0 Å². The molecular formula is C16H26ClNO. The van der Waals surface area contributed by atoms with Crippen LogP contribution in [-0.4, -0.2) is 19.2 Å². The van der Waals surface area contributed by atoms with Gasteiger partial charge in [0.2, 0.25) is 0 Å². The molecule has 0 radical (unpaired) electrons. The molecule has 0 saturated heterocycles. The predicted molar refractivity (Wildman–Crippen MR) is 82.6 cm³/mol. The number of halogens is 1. The van der Waals surface area contributed by atoms with Crippen molar-refractivity contribution in [1.29, 1.82) is 0 Å². The first kappa shape index (κ1) is 16.5. The first-order chi connectivity index (χ1) is 9.08. The number of nitrogens with one attached hydrogen (secondary N) is 1. The molecule has 1 aromatic carbocycles. The van der Waals surface area contributed by atoms with E-state index in [0.29, 0.717) is 12.7 Å². The van der Waals surface area contributed by atoms with Crippen LogP contribution in [0.4, 0.5) is 0 Å². The van der Waals surface area contributed by atoms with Gasteiger partial charge < -0.3 is 10.1 Å². The maximum atomic E-state index is 5.94. The minimum Gasteiger partial charge on any atom is -0.374 e. The Morgan fingerprint density at radius 2 is 2.05 bits per heavy atom. The van der Waals surface area contributed by atoms with Crippen molar-refractivity contribution in [3.05, 3.63) is 34.9 Å². The molecule has 1 atom stereocenters. The second-order valence-corrected chi connectivity index (χ2v) is 5.93. The fourth-order valence-electron chi connectivity index (χ4n) is 1.85. The molecule has 0 fully saturated rings. The number of ether oxygens (including phenoxy) is 1. The van der Waals surface area contributed by atoms with Gasteiger partial charge in [0.15, 0.2) is 0 Å². The van der Waals surface area contributed by atoms with E-state index in [9.17, 15) is 0 Å². The first-order valence-corrected chi connectivity index (χ1v) is 7.52. The van der Waals surface area contributed by atoms with Crippen molar-refractivity contribution >= 4 is 11.6 Å². The maximum Gasteiger partial charge on any atom is 0.0721 e. The zero-order valence-corrected chi connectivity index (χ0v) is 13.0. The minimum absolute atomic E-state index is 0.292. The first-order valence-electron chi connectivity index (χ1n) is 7.14. The van der Waals surface area contributed by atoms with Crippen molar-refractivity contribution in [3.63, 3.8) is 0 Å². The highest BCUT2D eigenvalue weighted by Crippen LogP contribution is 2.13. The smallest absolute Gasteiger partial charge is 0.0721 e. The highest BCUT2D eigenvalue weighted by atomic mass is 35.5. The predicted octanol–water partition coefficient (Wildman–Crippen LogP) is 4.27. The fourth-order valence-corrected chi connectivity index (χ4v) is 2.07. The summed E-state index contributed by atoms with van der Waals surface area (Å²) in [6.45, 7) is 9.39. The normalized spacial score (nSPS) is 12.9. The van der Waals surface area contributed by atoms with Crippen LogP contribution >= 0.6 is 11.6 Å². The van der Waals surface area contributed by atoms with E-state index >= 15 is 0 Å². The van der Waals surface area contributed by atoms with E-state index < -0.39 is 0 Å². The van der Waals surface area contributed by atoms with Crippen LogP contribution < -0.4 is 5.32 Å². The third-order valence-electron chi connectivity index (χ3n) is 2.94. The van der Waals surface area contributed by atoms with Crippen molar-refractivity contribution in [2.45, 2.75) is 46.3 Å². The van der Waals surface area contributed by atoms with Gasteiger partial charge in [0.05, 0.1) is 12.7 Å². The molecule has 0 spiro atoms. The average molecular weight is 284 g/mol. The summed E-state index contributed by atoms with van der Waals surface area (Å²) in [6.07, 6.45) is 2.54. The summed E-state index contributed by atoms with van der Waals surface area (Å²) in [5.41, 5.74) is 1.14. The Morgan fingerprint density at radius 1 is 1.26 bits per heavy atom. The van der Waals surface area contributed by atoms with Crippen LogP contribution in [0.2, 0.25) is 5.02 Å². The second kappa shape index (κ2) is 9.35. The van der Waals surface area contributed by atoms with E-state index in [1.165, 1.54) is 0 Å². The molecule has 0 amide bonds. The fraction of sp³-hybridized carbons (Fsp3) is 0.625. The number of benzene rings is 1. The summed E-state index contributed by atoms with van der Waals surface area (Å²) in [4.78, 5) is 0. The van der Waals surface area contributed by atoms with E-state index in [4.69, 9.17) is 16.3 Å². The lowest BCUT2D eigenvalue weighted by Gasteiger charge is -2.14. The Bertz CT molecular complexity index is 354. The van der Waals surface area contributed by atoms with E-state index in [2.05, 4.69) is 26.1 Å². The van der Waals surface area contributed by atoms with Gasteiger partial charge in [0.1, 0.15) is 0 Å². The van der Waals surface area contributed by atoms with Gasteiger partial charge >= 0.3 is 0 Å². The molecule has 3 heteroatoms. The Hall–Kier alpha value is -0.570. The highest BCUT2D eigenvalue weighted by molar-refractivity contribution is 6.30. The topological polar surface area (TPSA) is 21.3 Å². The summed E-state index contributed by atoms with van der Waals surface area (Å²) in [5, 5.41) is 4.22. The van der Waals surface area contributed by atoms with Crippen LogP contribution in [0.1, 0.15) is 39.2 Å². The largest absolute Gasteiger partial charge is 0.374 e. The minimum atomic E-state index is 0.292. The lowest BCUT2D eigenvalue weighted by atomic mass is 10.2. The van der Waals surface area contributed by atoms with Gasteiger partial charge in [0.25, 0.3) is 0 Å². The molecule has 0 aliphatic rings. The third-order valence-corrected chi connectivity index (χ3v) is 3.18. The Kier molecular flexibility index (Phi) is 8.11. The molecule has 19 heavy (non-hydrogen) atoms. The van der Waals surface area contributed by atoms with Crippen LogP contribution in [-0.2, 0) is 11.3 Å². The van der Waals surface area contributed by atoms with Crippen LogP contribution in [0.5, 0.6) is 0 Å². The van der Waals surface area contributed by atoms with E-state index in [0.717, 1.165) is 42.4 Å². The molecule has 1 rings (SSSR count). The number of hydrogen-bond donors (Lipinski definition) is 1. The summed E-state index contributed by atoms with van der Waals surface area (Å²) in [7, 11) is 0. The number of hydrogen-bond acceptors (Lipinski definition) is 2. The van der Waals surface area contributed by atoms with Crippen LogP contribution in [0, 0.1) is 5.92 Å². The second-order valence-electron chi connectivity index (χ2n) is 5.49. The Labute approximate surface area is 122 Å². The summed E-state index contributed by atoms with van der Waals surface area (Å²) in [5.74, 6) is 0.719. The lowest BCUT2D eigenvalue weighted by molar-refractivity contribution is 0.0463. The van der Waals surface area contributed by atoms with Gasteiger partial charge in [-0.1, -0.05) is 37.6 Å². The van der Waals surface area contributed by atoms with Gasteiger partial charge in [-0.2, -0.15) is 0 Å². The molecule has 108 valence electrons. The molecule has 0 aromatic heterocycles. The summed E-state index contributed by atoms with van der Waals surface area (Å²) in [6, 6.07) is 7.84. The van der Waals surface area contributed by atoms with Gasteiger partial charge in [-0.25, -0.2) is 0 Å². The molecule has 2 nitrogen and oxygen atoms in total. The summed E-state index contributed by atoms with van der Waals surface area (Å²) >= 11 is 5.94. The molecule has 1 unspecified atom stereocenters. The van der Waals surface area contributed by atoms with Gasteiger partial charge in [0, 0.05) is 5.02 Å². The molecule has 0 saturated carbocycles. The van der Waals surface area contributed by atoms with Crippen molar-refractivity contribution in [2.75, 3.05) is 13.1 Å². The Morgan fingerprint density at radius 3 is 2.74 bits per heavy atom. The van der Waals surface area contributed by atoms with Crippen molar-refractivity contribution in [1.82, 2.24) is 5.32 Å². The zero-order valence-electron chi connectivity index (χ0n) is 12.3. The average Bonchev–Trinajstić information content (AvgIpc) is 2.35. The lowest BCUT2D eigenvalue weighted by Crippen LogP contribution is -2.21. The van der Waals surface area contributed by atoms with Crippen LogP contribution in [0.15, 0.2) is 24.3 Å². The van der Waals surface area contributed by atoms with Gasteiger partial charge in [-0.15, -0.1) is 0 Å². The van der Waals surface area contributed by atoms with E-state index in [1.54, 1.807) is 0 Å². The zero-order chi connectivity index (χ0) is 14.1. The van der Waals surface area contributed by atoms with Gasteiger partial charge in [-0.3, -0.25) is 0 Å². The maximum absolute atomic E-state index is 5.94. The van der Waals surface area contributed by atoms with Crippen molar-refractivity contribution < 1.29 is 4.74 Å². The summed E-state index contributed by atoms with van der Waals surface area (Å²) < 4.78 is 5.82. The molecular weight excluding hydrogens is 258 g/mol. The van der Waals surface area contributed by atoms with Gasteiger partial charge in [-0.05, 0) is 56.5 Å². The van der Waals surface area contributed by atoms with Crippen LogP contribution in [0.25, 0.3) is 0 Å². The number of rotatable bonds is 9. The third kappa shape index (κ3) is 8.25. The molecule has 1 aromatic rings. The SMILES string of the molecule is CC(C)CNCCCC(C)OCc1cccc(Cl)c1. The monoisotopic (exact) mass is 283 g/mol. The van der Waals surface area contributed by atoms with Crippen molar-refractivity contribution in [2.24, 2.45) is 5.92 Å².